The van der Waals surface area contributed by atoms with Crippen molar-refractivity contribution in [3.8, 4) is 0 Å². The molecule has 1 aliphatic heterocycles. The molecule has 1 aliphatic rings. The van der Waals surface area contributed by atoms with Crippen molar-refractivity contribution >= 4 is 43.1 Å². The van der Waals surface area contributed by atoms with Gasteiger partial charge in [0.2, 0.25) is 5.91 Å². The Morgan fingerprint density at radius 1 is 1.04 bits per heavy atom. The molecule has 1 saturated heterocycles. The number of amides is 1. The fourth-order valence-electron chi connectivity index (χ4n) is 2.83. The Morgan fingerprint density at radius 3 is 2.08 bits per heavy atom. The van der Waals surface area contributed by atoms with Gasteiger partial charge in [-0.2, -0.15) is 0 Å². The van der Waals surface area contributed by atoms with Crippen molar-refractivity contribution in [1.29, 1.82) is 0 Å². The number of hydrogen-bond donors (Lipinski definition) is 2. The first kappa shape index (κ1) is 29.0. The molecule has 0 aromatic rings. The summed E-state index contributed by atoms with van der Waals surface area (Å²) in [7, 11) is 0. The first-order valence-corrected chi connectivity index (χ1v) is 8.51. The van der Waals surface area contributed by atoms with E-state index in [1.54, 1.807) is 0 Å². The van der Waals surface area contributed by atoms with Crippen LogP contribution in [0.1, 0.15) is 46.5 Å². The van der Waals surface area contributed by atoms with Gasteiger partial charge in [-0.05, 0) is 39.3 Å². The third-order valence-electron chi connectivity index (χ3n) is 4.39. The van der Waals surface area contributed by atoms with Crippen LogP contribution in [0, 0.1) is 0 Å². The number of carbonyl (C=O) groups is 1. The molecule has 0 aliphatic carbocycles. The third-order valence-corrected chi connectivity index (χ3v) is 4.39. The minimum Gasteiger partial charge on any atom is -0.355 e. The number of piperazine rings is 1. The molecule has 0 radical (unpaired) electrons. The lowest BCUT2D eigenvalue weighted by atomic mass is 9.96. The summed E-state index contributed by atoms with van der Waals surface area (Å²) in [6, 6.07) is 0. The van der Waals surface area contributed by atoms with Crippen molar-refractivity contribution in [3.05, 3.63) is 0 Å². The van der Waals surface area contributed by atoms with Gasteiger partial charge < -0.3 is 20.9 Å². The second kappa shape index (κ2) is 15.5. The first-order valence-electron chi connectivity index (χ1n) is 8.51. The number of carbonyl (C=O) groups excluding carboxylic acids is 1. The van der Waals surface area contributed by atoms with Crippen LogP contribution in [-0.4, -0.2) is 67.1 Å². The van der Waals surface area contributed by atoms with Crippen LogP contribution in [0.4, 0.5) is 0 Å². The van der Waals surface area contributed by atoms with Crippen molar-refractivity contribution in [2.75, 3.05) is 45.8 Å². The number of unbranched alkanes of at least 4 members (excludes halogenated alkanes) is 1. The predicted molar refractivity (Wildman–Crippen MR) is 110 cm³/mol. The van der Waals surface area contributed by atoms with E-state index in [4.69, 9.17) is 5.73 Å². The van der Waals surface area contributed by atoms with Crippen LogP contribution in [0.15, 0.2) is 0 Å². The summed E-state index contributed by atoms with van der Waals surface area (Å²) in [5.41, 5.74) is 5.29. The topological polar surface area (TPSA) is 61.6 Å². The molecule has 0 bridgehead atoms. The van der Waals surface area contributed by atoms with Gasteiger partial charge in [-0.1, -0.05) is 20.3 Å². The van der Waals surface area contributed by atoms with E-state index in [1.165, 1.54) is 26.2 Å². The minimum atomic E-state index is -0.717. The van der Waals surface area contributed by atoms with E-state index in [0.717, 1.165) is 45.3 Å². The average Bonchev–Trinajstić information content (AvgIpc) is 2.47. The maximum atomic E-state index is 11.9. The first-order chi connectivity index (χ1) is 9.99. The van der Waals surface area contributed by atoms with E-state index in [9.17, 15) is 4.79 Å². The van der Waals surface area contributed by atoms with Crippen LogP contribution in [0.25, 0.3) is 0 Å². The summed E-state index contributed by atoms with van der Waals surface area (Å²) in [6.45, 7) is 13.9. The van der Waals surface area contributed by atoms with E-state index < -0.39 is 5.54 Å². The highest BCUT2D eigenvalue weighted by Gasteiger charge is 2.26. The summed E-state index contributed by atoms with van der Waals surface area (Å²) in [4.78, 5) is 17.0. The molecule has 0 spiro atoms. The van der Waals surface area contributed by atoms with Gasteiger partial charge in [0.05, 0.1) is 5.54 Å². The summed E-state index contributed by atoms with van der Waals surface area (Å²) in [5, 5.41) is 2.97. The van der Waals surface area contributed by atoms with Gasteiger partial charge in [0.1, 0.15) is 0 Å². The molecule has 0 aromatic heterocycles. The summed E-state index contributed by atoms with van der Waals surface area (Å²) in [5.74, 6) is -0.0130. The van der Waals surface area contributed by atoms with Crippen LogP contribution in [0.5, 0.6) is 0 Å². The Bertz CT molecular complexity index is 312. The Morgan fingerprint density at radius 2 is 1.58 bits per heavy atom. The molecular weight excluding hydrogens is 371 g/mol. The molecule has 24 heavy (non-hydrogen) atoms. The highest BCUT2D eigenvalue weighted by atomic mass is 35.5. The minimum absolute atomic E-state index is 0. The molecule has 1 heterocycles. The van der Waals surface area contributed by atoms with E-state index in [0.29, 0.717) is 0 Å². The molecule has 0 aromatic carbocycles. The Kier molecular flexibility index (Phi) is 18.7. The second-order valence-electron chi connectivity index (χ2n) is 6.41. The number of nitrogens with one attached hydrogen (secondary N) is 1. The van der Waals surface area contributed by atoms with Crippen molar-refractivity contribution in [3.63, 3.8) is 0 Å². The van der Waals surface area contributed by atoms with Gasteiger partial charge in [0.15, 0.2) is 0 Å². The summed E-state index contributed by atoms with van der Waals surface area (Å²) in [6.07, 6.45) is 3.84. The van der Waals surface area contributed by atoms with Crippen LogP contribution >= 0.6 is 37.2 Å². The van der Waals surface area contributed by atoms with Crippen LogP contribution in [0.3, 0.4) is 0 Å². The molecule has 3 N–H and O–H groups in total. The molecular formula is C16H37Cl3N4O. The largest absolute Gasteiger partial charge is 0.355 e. The average molecular weight is 408 g/mol. The van der Waals surface area contributed by atoms with Crippen LogP contribution < -0.4 is 11.1 Å². The molecule has 1 unspecified atom stereocenters. The van der Waals surface area contributed by atoms with E-state index in [-0.39, 0.29) is 43.1 Å². The number of likely N-dealkylation sites (N-methyl/N-ethyl adjacent to an activating group) is 1. The fourth-order valence-corrected chi connectivity index (χ4v) is 2.83. The zero-order valence-corrected chi connectivity index (χ0v) is 17.8. The van der Waals surface area contributed by atoms with Gasteiger partial charge >= 0.3 is 0 Å². The lowest BCUT2D eigenvalue weighted by Crippen LogP contribution is -2.51. The zero-order chi connectivity index (χ0) is 15.7. The van der Waals surface area contributed by atoms with Crippen molar-refractivity contribution in [2.24, 2.45) is 5.73 Å². The fraction of sp³-hybridized carbons (Fsp3) is 0.938. The lowest BCUT2D eigenvalue weighted by molar-refractivity contribution is -0.126. The normalized spacial score (nSPS) is 17.7. The van der Waals surface area contributed by atoms with Crippen molar-refractivity contribution in [1.82, 2.24) is 15.1 Å². The number of halogens is 3. The van der Waals surface area contributed by atoms with Crippen molar-refractivity contribution in [2.45, 2.75) is 52.0 Å². The maximum absolute atomic E-state index is 11.9. The molecule has 0 saturated carbocycles. The second-order valence-corrected chi connectivity index (χ2v) is 6.41. The van der Waals surface area contributed by atoms with Gasteiger partial charge in [-0.15, -0.1) is 37.2 Å². The molecule has 8 heteroatoms. The van der Waals surface area contributed by atoms with Crippen LogP contribution in [0.2, 0.25) is 0 Å². The molecule has 1 rings (SSSR count). The number of hydrogen-bond acceptors (Lipinski definition) is 4. The quantitative estimate of drug-likeness (QED) is 0.576. The Balaban J connectivity index is -0.00000147. The molecule has 148 valence electrons. The van der Waals surface area contributed by atoms with Gasteiger partial charge in [0, 0.05) is 32.7 Å². The van der Waals surface area contributed by atoms with Gasteiger partial charge in [-0.25, -0.2) is 0 Å². The standard InChI is InChI=1S/C16H34N4O.3ClH/c1-4-8-16(3,17)15(21)18-9-6-7-10-20-13-11-19(5-2)12-14-20;;;/h4-14,17H2,1-3H3,(H,18,21);3*1H. The third kappa shape index (κ3) is 11.0. The zero-order valence-electron chi connectivity index (χ0n) is 15.4. The SMILES string of the molecule is CCCC(C)(N)C(=O)NCCCCN1CCN(CC)CC1.Cl.Cl.Cl. The summed E-state index contributed by atoms with van der Waals surface area (Å²) >= 11 is 0. The van der Waals surface area contributed by atoms with Gasteiger partial charge in [0.25, 0.3) is 0 Å². The maximum Gasteiger partial charge on any atom is 0.239 e. The number of rotatable bonds is 9. The van der Waals surface area contributed by atoms with Gasteiger partial charge in [-0.3, -0.25) is 4.79 Å². The Hall–Kier alpha value is 0.220. The lowest BCUT2D eigenvalue weighted by Gasteiger charge is -2.34. The van der Waals surface area contributed by atoms with E-state index in [2.05, 4.69) is 29.0 Å². The Labute approximate surface area is 166 Å². The highest BCUT2D eigenvalue weighted by molar-refractivity contribution is 5.86. The number of nitrogens with two attached hydrogens (primary N) is 1. The van der Waals surface area contributed by atoms with Crippen LogP contribution in [-0.2, 0) is 4.79 Å². The smallest absolute Gasteiger partial charge is 0.239 e. The molecule has 5 nitrogen and oxygen atoms in total. The summed E-state index contributed by atoms with van der Waals surface area (Å²) < 4.78 is 0. The van der Waals surface area contributed by atoms with Crippen molar-refractivity contribution < 1.29 is 4.79 Å². The van der Waals surface area contributed by atoms with E-state index >= 15 is 0 Å². The monoisotopic (exact) mass is 406 g/mol. The molecule has 1 fully saturated rings. The highest BCUT2D eigenvalue weighted by Crippen LogP contribution is 2.08. The number of nitrogens with zero attached hydrogens (tertiary/aromatic N) is 2. The molecule has 1 amide bonds. The molecule has 1 atom stereocenters. The van der Waals surface area contributed by atoms with E-state index in [1.807, 2.05) is 6.92 Å². The predicted octanol–water partition coefficient (Wildman–Crippen LogP) is 2.30.